The molecule has 2 aromatic carbocycles. The molecule has 0 radical (unpaired) electrons. The van der Waals surface area contributed by atoms with Gasteiger partial charge in [0.05, 0.1) is 29.7 Å². The molecule has 1 amide bonds. The van der Waals surface area contributed by atoms with E-state index in [4.69, 9.17) is 10.00 Å². The lowest BCUT2D eigenvalue weighted by Gasteiger charge is -2.27. The lowest BCUT2D eigenvalue weighted by atomic mass is 9.94. The van der Waals surface area contributed by atoms with Crippen LogP contribution in [0.5, 0.6) is 5.88 Å². The van der Waals surface area contributed by atoms with Crippen LogP contribution in [0.2, 0.25) is 0 Å². The highest BCUT2D eigenvalue weighted by Crippen LogP contribution is 2.25. The zero-order valence-electron chi connectivity index (χ0n) is 20.1. The van der Waals surface area contributed by atoms with Crippen LogP contribution in [0, 0.1) is 23.1 Å². The van der Waals surface area contributed by atoms with Crippen molar-refractivity contribution in [1.82, 2.24) is 15.1 Å². The van der Waals surface area contributed by atoms with Crippen LogP contribution in [-0.4, -0.2) is 44.1 Å². The van der Waals surface area contributed by atoms with E-state index < -0.39 is 35.8 Å². The van der Waals surface area contributed by atoms with E-state index in [0.717, 1.165) is 4.68 Å². The van der Waals surface area contributed by atoms with Crippen molar-refractivity contribution in [2.75, 3.05) is 6.61 Å². The zero-order valence-corrected chi connectivity index (χ0v) is 20.1. The fourth-order valence-corrected chi connectivity index (χ4v) is 3.24. The van der Waals surface area contributed by atoms with Gasteiger partial charge in [-0.05, 0) is 42.7 Å². The number of aromatic nitrogens is 2. The van der Waals surface area contributed by atoms with E-state index in [0.29, 0.717) is 11.1 Å². The summed E-state index contributed by atoms with van der Waals surface area (Å²) >= 11 is 0. The summed E-state index contributed by atoms with van der Waals surface area (Å²) in [4.78, 5) is 24.6. The van der Waals surface area contributed by atoms with Crippen molar-refractivity contribution < 1.29 is 28.9 Å². The first-order valence-electron chi connectivity index (χ1n) is 11.2. The number of carboxylic acid groups (broad SMARTS) is 1. The molecule has 0 fully saturated rings. The molecule has 36 heavy (non-hydrogen) atoms. The molecule has 3 N–H and O–H groups in total. The Bertz CT molecular complexity index is 1300. The molecule has 1 unspecified atom stereocenters. The summed E-state index contributed by atoms with van der Waals surface area (Å²) in [6.45, 7) is 5.09. The number of carbonyl (C=O) groups excluding carboxylic acids is 1. The van der Waals surface area contributed by atoms with E-state index in [1.807, 2.05) is 19.9 Å². The van der Waals surface area contributed by atoms with Gasteiger partial charge in [-0.15, -0.1) is 0 Å². The molecule has 0 aliphatic heterocycles. The molecule has 0 saturated heterocycles. The normalized spacial score (nSPS) is 13.5. The molecule has 0 aliphatic rings. The van der Waals surface area contributed by atoms with Crippen LogP contribution < -0.4 is 10.1 Å². The van der Waals surface area contributed by atoms with Gasteiger partial charge in [-0.1, -0.05) is 38.1 Å². The Hall–Kier alpha value is -4.23. The van der Waals surface area contributed by atoms with Crippen LogP contribution in [0.1, 0.15) is 54.8 Å². The number of nitrogens with zero attached hydrogens (tertiary/aromatic N) is 3. The molecule has 9 nitrogen and oxygen atoms in total. The Kier molecular flexibility index (Phi) is 8.07. The van der Waals surface area contributed by atoms with Crippen LogP contribution in [0.3, 0.4) is 0 Å². The maximum absolute atomic E-state index is 14.6. The Morgan fingerprint density at radius 1 is 1.22 bits per heavy atom. The number of aliphatic hydroxyl groups is 1. The molecular weight excluding hydrogens is 467 g/mol. The molecule has 0 saturated carbocycles. The number of carboxylic acids is 1. The molecule has 3 rings (SSSR count). The summed E-state index contributed by atoms with van der Waals surface area (Å²) in [5, 5.41) is 35.9. The molecule has 188 valence electrons. The summed E-state index contributed by atoms with van der Waals surface area (Å²) in [7, 11) is 0. The van der Waals surface area contributed by atoms with E-state index in [2.05, 4.69) is 10.4 Å². The largest absolute Gasteiger partial charge is 0.481 e. The van der Waals surface area contributed by atoms with E-state index >= 15 is 0 Å². The predicted octanol–water partition coefficient (Wildman–Crippen LogP) is 3.61. The number of carbonyl (C=O) groups is 2. The average molecular weight is 495 g/mol. The van der Waals surface area contributed by atoms with Crippen molar-refractivity contribution >= 4 is 11.9 Å². The summed E-state index contributed by atoms with van der Waals surface area (Å²) in [5.74, 6) is -2.61. The number of rotatable bonds is 10. The first-order valence-corrected chi connectivity index (χ1v) is 11.2. The predicted molar refractivity (Wildman–Crippen MR) is 128 cm³/mol. The maximum atomic E-state index is 14.6. The lowest BCUT2D eigenvalue weighted by molar-refractivity contribution is -0.137. The molecule has 2 atom stereocenters. The highest BCUT2D eigenvalue weighted by atomic mass is 19.1. The molecule has 0 aliphatic carbocycles. The number of benzene rings is 2. The summed E-state index contributed by atoms with van der Waals surface area (Å²) in [6.07, 6.45) is -0.435. The third-order valence-corrected chi connectivity index (χ3v) is 5.85. The maximum Gasteiger partial charge on any atom is 0.305 e. The molecular formula is C26H27FN4O5. The molecule has 10 heteroatoms. The van der Waals surface area contributed by atoms with E-state index in [1.54, 1.807) is 31.2 Å². The number of nitrogens with one attached hydrogen (secondary N) is 1. The third-order valence-electron chi connectivity index (χ3n) is 5.85. The van der Waals surface area contributed by atoms with E-state index in [9.17, 15) is 24.2 Å². The number of hydrogen-bond acceptors (Lipinski definition) is 6. The highest BCUT2D eigenvalue weighted by molar-refractivity contribution is 5.93. The second-order valence-corrected chi connectivity index (χ2v) is 8.89. The fourth-order valence-electron chi connectivity index (χ4n) is 3.24. The number of hydrogen-bond donors (Lipinski definition) is 3. The van der Waals surface area contributed by atoms with Crippen LogP contribution >= 0.6 is 0 Å². The Balaban J connectivity index is 1.96. The van der Waals surface area contributed by atoms with Crippen molar-refractivity contribution in [1.29, 1.82) is 5.26 Å². The van der Waals surface area contributed by atoms with Crippen molar-refractivity contribution in [3.05, 3.63) is 77.2 Å². The minimum atomic E-state index is -1.20. The quantitative estimate of drug-likeness (QED) is 0.391. The van der Waals surface area contributed by atoms with Gasteiger partial charge in [0, 0.05) is 6.07 Å². The SMILES string of the molecule is CC(C)C(C)(O)COc1cc(C(=O)N[C@@H](CC(=O)O)c2cccc(C#N)c2)nn1-c1ccccc1F. The van der Waals surface area contributed by atoms with Crippen molar-refractivity contribution in [3.8, 4) is 17.6 Å². The van der Waals surface area contributed by atoms with Crippen molar-refractivity contribution in [2.24, 2.45) is 5.92 Å². The van der Waals surface area contributed by atoms with Crippen LogP contribution in [0.15, 0.2) is 54.6 Å². The van der Waals surface area contributed by atoms with E-state index in [-0.39, 0.29) is 29.8 Å². The Morgan fingerprint density at radius 3 is 2.58 bits per heavy atom. The van der Waals surface area contributed by atoms with Crippen LogP contribution in [0.4, 0.5) is 4.39 Å². The zero-order chi connectivity index (χ0) is 26.5. The van der Waals surface area contributed by atoms with Gasteiger partial charge in [-0.2, -0.15) is 15.0 Å². The van der Waals surface area contributed by atoms with Gasteiger partial charge < -0.3 is 20.3 Å². The van der Waals surface area contributed by atoms with Gasteiger partial charge in [0.2, 0.25) is 5.88 Å². The smallest absolute Gasteiger partial charge is 0.305 e. The number of amides is 1. The number of halogens is 1. The summed E-state index contributed by atoms with van der Waals surface area (Å²) in [5.41, 5.74) is -0.578. The van der Waals surface area contributed by atoms with Gasteiger partial charge in [0.1, 0.15) is 18.1 Å². The first kappa shape index (κ1) is 26.4. The molecule has 0 spiro atoms. The monoisotopic (exact) mass is 494 g/mol. The number of nitriles is 1. The number of para-hydroxylation sites is 1. The van der Waals surface area contributed by atoms with E-state index in [1.165, 1.54) is 30.3 Å². The second kappa shape index (κ2) is 11.0. The van der Waals surface area contributed by atoms with Gasteiger partial charge in [0.15, 0.2) is 5.69 Å². The number of aliphatic carboxylic acids is 1. The van der Waals surface area contributed by atoms with Gasteiger partial charge in [-0.3, -0.25) is 9.59 Å². The average Bonchev–Trinajstić information content (AvgIpc) is 3.26. The van der Waals surface area contributed by atoms with Gasteiger partial charge >= 0.3 is 5.97 Å². The highest BCUT2D eigenvalue weighted by Gasteiger charge is 2.28. The fraction of sp³-hybridized carbons (Fsp3) is 0.308. The molecule has 1 heterocycles. The lowest BCUT2D eigenvalue weighted by Crippen LogP contribution is -2.38. The molecule has 3 aromatic rings. The summed E-state index contributed by atoms with van der Waals surface area (Å²) in [6, 6.07) is 14.4. The molecule has 1 aromatic heterocycles. The van der Waals surface area contributed by atoms with Crippen molar-refractivity contribution in [2.45, 2.75) is 38.8 Å². The Morgan fingerprint density at radius 2 is 1.94 bits per heavy atom. The Labute approximate surface area is 207 Å². The van der Waals surface area contributed by atoms with Gasteiger partial charge in [0.25, 0.3) is 5.91 Å². The van der Waals surface area contributed by atoms with Crippen molar-refractivity contribution in [3.63, 3.8) is 0 Å². The minimum Gasteiger partial charge on any atom is -0.481 e. The third kappa shape index (κ3) is 6.25. The first-order chi connectivity index (χ1) is 17.0. The minimum absolute atomic E-state index is 0.0208. The van der Waals surface area contributed by atoms with Crippen LogP contribution in [0.25, 0.3) is 5.69 Å². The topological polar surface area (TPSA) is 137 Å². The second-order valence-electron chi connectivity index (χ2n) is 8.89. The van der Waals surface area contributed by atoms with Gasteiger partial charge in [-0.25, -0.2) is 4.39 Å². The van der Waals surface area contributed by atoms with Crippen LogP contribution in [-0.2, 0) is 4.79 Å². The standard InChI is InChI=1S/C26H27FN4O5/c1-16(2)26(3,35)15-36-23-12-21(30-31(23)22-10-5-4-9-19(22)27)25(34)29-20(13-24(32)33)18-8-6-7-17(11-18)14-28/h4-12,16,20,35H,13,15H2,1-3H3,(H,29,34)(H,32,33)/t20-,26?/m0/s1. The summed E-state index contributed by atoms with van der Waals surface area (Å²) < 4.78 is 21.4. The molecule has 0 bridgehead atoms. The number of ether oxygens (including phenoxy) is 1.